The molecule has 1 aliphatic heterocycles. The third kappa shape index (κ3) is 70.1. The lowest BCUT2D eigenvalue weighted by molar-refractivity contribution is -0.150. The van der Waals surface area contributed by atoms with Gasteiger partial charge in [0.05, 0.1) is 25.0 Å². The van der Waals surface area contributed by atoms with E-state index in [9.17, 15) is 19.2 Å². The van der Waals surface area contributed by atoms with Gasteiger partial charge in [0.1, 0.15) is 0 Å². The molecule has 1 saturated heterocycles. The molecule has 0 aliphatic carbocycles. The van der Waals surface area contributed by atoms with Crippen molar-refractivity contribution < 1.29 is 38.9 Å². The Balaban J connectivity index is 2.76. The van der Waals surface area contributed by atoms with Crippen molar-refractivity contribution in [1.82, 2.24) is 19.6 Å². The zero-order valence-corrected chi connectivity index (χ0v) is 70.3. The Labute approximate surface area is 646 Å². The van der Waals surface area contributed by atoms with Gasteiger partial charge in [-0.15, -0.1) is 0 Å². The molecule has 0 aromatic rings. The normalized spacial score (nSPS) is 13.1. The van der Waals surface area contributed by atoms with E-state index in [-0.39, 0.29) is 23.8 Å². The zero-order chi connectivity index (χ0) is 75.2. The van der Waals surface area contributed by atoms with Crippen molar-refractivity contribution in [3.8, 4) is 0 Å². The maximum absolute atomic E-state index is 13.4. The SMILES string of the molecule is CCCCCCCCC(CCCCCCCC)C(=O)OCCCCCCCN(CCCCCCCCCCCCCCCCC(=O)O)CCN1CCN(CCN(CCCCCCCCCCCCCCCCC(=O)O)CCCCCCCOC(=O)C(CCCCCCCC)CCCCCCCC)CC1. The van der Waals surface area contributed by atoms with Gasteiger partial charge in [-0.2, -0.15) is 0 Å². The minimum Gasteiger partial charge on any atom is -0.481 e. The van der Waals surface area contributed by atoms with Crippen molar-refractivity contribution in [2.45, 2.75) is 464 Å². The van der Waals surface area contributed by atoms with Crippen molar-refractivity contribution in [3.05, 3.63) is 0 Å². The van der Waals surface area contributed by atoms with Crippen molar-refractivity contribution in [1.29, 1.82) is 0 Å². The van der Waals surface area contributed by atoms with E-state index in [4.69, 9.17) is 19.7 Å². The summed E-state index contributed by atoms with van der Waals surface area (Å²) >= 11 is 0. The first-order valence-corrected chi connectivity index (χ1v) is 46.8. The lowest BCUT2D eigenvalue weighted by Gasteiger charge is -2.37. The molecule has 0 radical (unpaired) electrons. The number of carboxylic acid groups (broad SMARTS) is 2. The molecule has 0 amide bonds. The Morgan fingerprint density at radius 2 is 0.452 bits per heavy atom. The predicted molar refractivity (Wildman–Crippen MR) is 447 cm³/mol. The average Bonchev–Trinajstić information content (AvgIpc) is 0.928. The Morgan fingerprint density at radius 3 is 0.673 bits per heavy atom. The second-order valence-electron chi connectivity index (χ2n) is 33.0. The Hall–Kier alpha value is -2.28. The van der Waals surface area contributed by atoms with Crippen LogP contribution in [0.4, 0.5) is 0 Å². The molecule has 0 bridgehead atoms. The van der Waals surface area contributed by atoms with Crippen molar-refractivity contribution >= 4 is 23.9 Å². The largest absolute Gasteiger partial charge is 0.481 e. The van der Waals surface area contributed by atoms with Crippen LogP contribution in [0.25, 0.3) is 0 Å². The highest BCUT2D eigenvalue weighted by molar-refractivity contribution is 5.72. The minimum atomic E-state index is -0.662. The maximum Gasteiger partial charge on any atom is 0.308 e. The molecule has 104 heavy (non-hydrogen) atoms. The van der Waals surface area contributed by atoms with E-state index in [1.807, 2.05) is 0 Å². The van der Waals surface area contributed by atoms with Crippen LogP contribution >= 0.6 is 0 Å². The predicted octanol–water partition coefficient (Wildman–Crippen LogP) is 26.3. The molecule has 0 spiro atoms. The van der Waals surface area contributed by atoms with E-state index in [1.54, 1.807) is 0 Å². The van der Waals surface area contributed by atoms with E-state index in [2.05, 4.69) is 47.3 Å². The molecule has 0 unspecified atom stereocenters. The molecule has 12 heteroatoms. The number of aliphatic carboxylic acids is 2. The number of hydrogen-bond acceptors (Lipinski definition) is 10. The van der Waals surface area contributed by atoms with Gasteiger partial charge in [0.25, 0.3) is 0 Å². The fourth-order valence-electron chi connectivity index (χ4n) is 15.9. The quantitative estimate of drug-likeness (QED) is 0.0442. The molecule has 0 atom stereocenters. The van der Waals surface area contributed by atoms with Gasteiger partial charge in [-0.05, 0) is 103 Å². The third-order valence-corrected chi connectivity index (χ3v) is 23.2. The number of esters is 2. The molecule has 1 fully saturated rings. The smallest absolute Gasteiger partial charge is 0.308 e. The topological polar surface area (TPSA) is 140 Å². The van der Waals surface area contributed by atoms with E-state index in [0.717, 1.165) is 103 Å². The summed E-state index contributed by atoms with van der Waals surface area (Å²) in [7, 11) is 0. The number of carbonyl (C=O) groups is 4. The number of hydrogen-bond donors (Lipinski definition) is 2. The molecular formula is C92H180N4O8. The first kappa shape index (κ1) is 99.7. The summed E-state index contributed by atoms with van der Waals surface area (Å²) in [6.45, 7) is 24.5. The van der Waals surface area contributed by atoms with Gasteiger partial charge in [-0.1, -0.05) is 374 Å². The minimum absolute atomic E-state index is 0.0853. The highest BCUT2D eigenvalue weighted by atomic mass is 16.5. The summed E-state index contributed by atoms with van der Waals surface area (Å²) in [6, 6.07) is 0. The number of unbranched alkanes of at least 4 members (excludes halogenated alkanes) is 54. The van der Waals surface area contributed by atoms with Crippen LogP contribution in [0.15, 0.2) is 0 Å². The Bertz CT molecular complexity index is 1640. The van der Waals surface area contributed by atoms with Crippen LogP contribution in [0, 0.1) is 11.8 Å². The van der Waals surface area contributed by atoms with E-state index in [1.165, 1.54) is 400 Å². The standard InChI is InChI=1S/C92H180N4O8/c1-5-9-13-17-43-55-67-87(68-56-44-18-14-10-6-2)91(101)103-85-65-53-41-51-63-75-93(73-61-49-39-35-31-27-23-21-25-29-33-37-47-59-71-89(97)98)77-79-95-81-83-96(84-82-95)80-78-94(74-62-50-40-36-32-28-24-22-26-30-34-38-48-60-72-90(99)100)76-64-52-42-54-66-86-104-92(102)88(69-57-45-19-15-11-7-3)70-58-46-20-16-12-8-4/h87-88H,5-86H2,1-4H3,(H,97,98)(H,99,100). The zero-order valence-electron chi connectivity index (χ0n) is 70.3. The number of carboxylic acids is 2. The lowest BCUT2D eigenvalue weighted by atomic mass is 9.94. The van der Waals surface area contributed by atoms with Gasteiger partial charge in [0.2, 0.25) is 0 Å². The second-order valence-corrected chi connectivity index (χ2v) is 33.0. The van der Waals surface area contributed by atoms with E-state index >= 15 is 0 Å². The lowest BCUT2D eigenvalue weighted by Crippen LogP contribution is -2.50. The van der Waals surface area contributed by atoms with Gasteiger partial charge < -0.3 is 29.5 Å². The van der Waals surface area contributed by atoms with Gasteiger partial charge in [-0.25, -0.2) is 0 Å². The number of piperazine rings is 1. The number of nitrogens with zero attached hydrogens (tertiary/aromatic N) is 4. The van der Waals surface area contributed by atoms with E-state index in [0.29, 0.717) is 26.1 Å². The summed E-state index contributed by atoms with van der Waals surface area (Å²) in [5.74, 6) is -0.973. The van der Waals surface area contributed by atoms with Crippen LogP contribution in [0.1, 0.15) is 464 Å². The van der Waals surface area contributed by atoms with E-state index < -0.39 is 11.9 Å². The number of carbonyl (C=O) groups excluding carboxylic acids is 2. The third-order valence-electron chi connectivity index (χ3n) is 23.2. The molecule has 1 rings (SSSR count). The summed E-state index contributed by atoms with van der Waals surface area (Å²) in [5, 5.41) is 17.8. The van der Waals surface area contributed by atoms with Crippen molar-refractivity contribution in [3.63, 3.8) is 0 Å². The molecule has 12 nitrogen and oxygen atoms in total. The number of ether oxygens (including phenoxy) is 2. The molecule has 0 aromatic heterocycles. The first-order valence-electron chi connectivity index (χ1n) is 46.8. The highest BCUT2D eigenvalue weighted by Gasteiger charge is 2.22. The Morgan fingerprint density at radius 1 is 0.260 bits per heavy atom. The van der Waals surface area contributed by atoms with Gasteiger partial charge in [0, 0.05) is 65.2 Å². The summed E-state index contributed by atoms with van der Waals surface area (Å²) in [5.41, 5.74) is 0. The van der Waals surface area contributed by atoms with Crippen LogP contribution < -0.4 is 0 Å². The van der Waals surface area contributed by atoms with Crippen LogP contribution in [0.5, 0.6) is 0 Å². The van der Waals surface area contributed by atoms with Gasteiger partial charge in [-0.3, -0.25) is 29.0 Å². The van der Waals surface area contributed by atoms with Crippen LogP contribution in [-0.4, -0.2) is 145 Å². The summed E-state index contributed by atoms with van der Waals surface area (Å²) < 4.78 is 12.0. The fraction of sp³-hybridized carbons (Fsp3) is 0.957. The summed E-state index contributed by atoms with van der Waals surface area (Å²) in [4.78, 5) is 59.5. The molecule has 0 saturated carbocycles. The average molecular weight is 1470 g/mol. The maximum atomic E-state index is 13.4. The van der Waals surface area contributed by atoms with Gasteiger partial charge >= 0.3 is 23.9 Å². The second kappa shape index (κ2) is 80.2. The van der Waals surface area contributed by atoms with Crippen LogP contribution in [0.2, 0.25) is 0 Å². The first-order chi connectivity index (χ1) is 51.1. The van der Waals surface area contributed by atoms with Gasteiger partial charge in [0.15, 0.2) is 0 Å². The Kier molecular flexibility index (Phi) is 77.0. The molecular weight excluding hydrogens is 1290 g/mol. The summed E-state index contributed by atoms with van der Waals surface area (Å²) in [6.07, 6.45) is 82.5. The van der Waals surface area contributed by atoms with Crippen molar-refractivity contribution in [2.75, 3.05) is 91.8 Å². The van der Waals surface area contributed by atoms with Crippen LogP contribution in [-0.2, 0) is 28.7 Å². The molecule has 616 valence electrons. The monoisotopic (exact) mass is 1470 g/mol. The van der Waals surface area contributed by atoms with Crippen LogP contribution in [0.3, 0.4) is 0 Å². The van der Waals surface area contributed by atoms with Crippen molar-refractivity contribution in [2.24, 2.45) is 11.8 Å². The fourth-order valence-corrected chi connectivity index (χ4v) is 15.9. The number of rotatable bonds is 86. The molecule has 1 aliphatic rings. The molecule has 1 heterocycles. The molecule has 2 N–H and O–H groups in total. The highest BCUT2D eigenvalue weighted by Crippen LogP contribution is 2.25. The molecule has 0 aromatic carbocycles.